The highest BCUT2D eigenvalue weighted by Crippen LogP contribution is 2.19. The fraction of sp³-hybridized carbons (Fsp3) is 0.182. The molecule has 3 nitrogen and oxygen atoms in total. The van der Waals surface area contributed by atoms with Crippen LogP contribution in [0.3, 0.4) is 0 Å². The molecule has 0 heterocycles. The molecule has 0 amide bonds. The van der Waals surface area contributed by atoms with Gasteiger partial charge in [-0.3, -0.25) is 0 Å². The van der Waals surface area contributed by atoms with Crippen LogP contribution in [0, 0.1) is 6.92 Å². The van der Waals surface area contributed by atoms with Crippen LogP contribution in [0.5, 0.6) is 0 Å². The first kappa shape index (κ1) is 11.6. The van der Waals surface area contributed by atoms with E-state index in [1.807, 2.05) is 19.1 Å². The first-order valence-electron chi connectivity index (χ1n) is 4.40. The Bertz CT molecular complexity index is 388. The molecule has 0 bridgehead atoms. The van der Waals surface area contributed by atoms with E-state index < -0.39 is 5.97 Å². The zero-order chi connectivity index (χ0) is 11.3. The fourth-order valence-corrected chi connectivity index (χ4v) is 1.28. The van der Waals surface area contributed by atoms with Crippen LogP contribution in [0.2, 0.25) is 5.02 Å². The maximum atomic E-state index is 10.8. The predicted octanol–water partition coefficient (Wildman–Crippen LogP) is 2.75. The molecule has 0 unspecified atom stereocenters. The number of esters is 1. The fourth-order valence-electron chi connectivity index (χ4n) is 1.06. The average molecular weight is 226 g/mol. The van der Waals surface area contributed by atoms with Crippen LogP contribution in [0.4, 0.5) is 5.69 Å². The summed E-state index contributed by atoms with van der Waals surface area (Å²) in [6.45, 7) is 1.93. The number of hydrogen-bond acceptors (Lipinski definition) is 3. The number of hydrogen-bond donors (Lipinski definition) is 1. The number of carbonyl (C=O) groups excluding carboxylic acids is 1. The van der Waals surface area contributed by atoms with Crippen LogP contribution >= 0.6 is 11.6 Å². The van der Waals surface area contributed by atoms with Crippen molar-refractivity contribution in [2.75, 3.05) is 12.4 Å². The molecular weight excluding hydrogens is 214 g/mol. The van der Waals surface area contributed by atoms with E-state index in [1.165, 1.54) is 19.4 Å². The summed E-state index contributed by atoms with van der Waals surface area (Å²) in [5.41, 5.74) is 1.91. The molecule has 0 fully saturated rings. The van der Waals surface area contributed by atoms with E-state index in [4.69, 9.17) is 11.6 Å². The highest BCUT2D eigenvalue weighted by Gasteiger charge is 1.96. The molecule has 0 radical (unpaired) electrons. The standard InChI is InChI=1S/C11H12ClNO2/c1-8-7-9(12)3-4-10(8)13-6-5-11(14)15-2/h3-7,13H,1-2H3/b6-5+. The molecule has 15 heavy (non-hydrogen) atoms. The van der Waals surface area contributed by atoms with Gasteiger partial charge in [0.15, 0.2) is 0 Å². The van der Waals surface area contributed by atoms with E-state index in [2.05, 4.69) is 10.1 Å². The number of anilines is 1. The van der Waals surface area contributed by atoms with Gasteiger partial charge in [-0.1, -0.05) is 11.6 Å². The van der Waals surface area contributed by atoms with Crippen molar-refractivity contribution in [3.05, 3.63) is 41.1 Å². The normalized spacial score (nSPS) is 10.3. The zero-order valence-electron chi connectivity index (χ0n) is 8.58. The van der Waals surface area contributed by atoms with Gasteiger partial charge >= 0.3 is 5.97 Å². The van der Waals surface area contributed by atoms with Crippen LogP contribution in [-0.2, 0) is 9.53 Å². The third-order valence-electron chi connectivity index (χ3n) is 1.85. The molecule has 1 rings (SSSR count). The third kappa shape index (κ3) is 3.64. The monoisotopic (exact) mass is 225 g/mol. The molecule has 0 aliphatic carbocycles. The zero-order valence-corrected chi connectivity index (χ0v) is 9.34. The van der Waals surface area contributed by atoms with Crippen molar-refractivity contribution in [1.29, 1.82) is 0 Å². The van der Waals surface area contributed by atoms with E-state index in [-0.39, 0.29) is 0 Å². The third-order valence-corrected chi connectivity index (χ3v) is 2.08. The van der Waals surface area contributed by atoms with Gasteiger partial charge in [0.05, 0.1) is 7.11 Å². The lowest BCUT2D eigenvalue weighted by Crippen LogP contribution is -1.97. The minimum absolute atomic E-state index is 0.394. The summed E-state index contributed by atoms with van der Waals surface area (Å²) < 4.78 is 4.45. The molecule has 1 aromatic rings. The molecular formula is C11H12ClNO2. The quantitative estimate of drug-likeness (QED) is 0.635. The number of benzene rings is 1. The number of aryl methyl sites for hydroxylation is 1. The first-order chi connectivity index (χ1) is 7.13. The Balaban J connectivity index is 2.65. The molecule has 0 saturated heterocycles. The maximum Gasteiger partial charge on any atom is 0.331 e. The highest BCUT2D eigenvalue weighted by atomic mass is 35.5. The summed E-state index contributed by atoms with van der Waals surface area (Å²) >= 11 is 5.80. The Morgan fingerprint density at radius 1 is 1.53 bits per heavy atom. The van der Waals surface area contributed by atoms with Crippen molar-refractivity contribution >= 4 is 23.3 Å². The van der Waals surface area contributed by atoms with Crippen LogP contribution in [-0.4, -0.2) is 13.1 Å². The van der Waals surface area contributed by atoms with Gasteiger partial charge in [-0.2, -0.15) is 0 Å². The largest absolute Gasteiger partial charge is 0.466 e. The Morgan fingerprint density at radius 2 is 2.27 bits per heavy atom. The van der Waals surface area contributed by atoms with Gasteiger partial charge < -0.3 is 10.1 Å². The average Bonchev–Trinajstić information content (AvgIpc) is 2.21. The summed E-state index contributed by atoms with van der Waals surface area (Å²) in [6.07, 6.45) is 2.84. The SMILES string of the molecule is COC(=O)/C=C/Nc1ccc(Cl)cc1C. The van der Waals surface area contributed by atoms with Crippen LogP contribution in [0.1, 0.15) is 5.56 Å². The first-order valence-corrected chi connectivity index (χ1v) is 4.78. The molecule has 0 saturated carbocycles. The van der Waals surface area contributed by atoms with E-state index >= 15 is 0 Å². The number of halogens is 1. The maximum absolute atomic E-state index is 10.8. The van der Waals surface area contributed by atoms with Gasteiger partial charge in [0.25, 0.3) is 0 Å². The Labute approximate surface area is 93.7 Å². The van der Waals surface area contributed by atoms with Gasteiger partial charge in [-0.25, -0.2) is 4.79 Å². The second-order valence-electron chi connectivity index (χ2n) is 2.96. The van der Waals surface area contributed by atoms with Gasteiger partial charge in [0, 0.05) is 23.0 Å². The molecule has 0 aromatic heterocycles. The van der Waals surface area contributed by atoms with Gasteiger partial charge in [-0.05, 0) is 30.7 Å². The summed E-state index contributed by atoms with van der Waals surface area (Å²) in [7, 11) is 1.33. The molecule has 4 heteroatoms. The molecule has 0 aliphatic heterocycles. The van der Waals surface area contributed by atoms with E-state index in [0.717, 1.165) is 11.3 Å². The lowest BCUT2D eigenvalue weighted by atomic mass is 10.2. The highest BCUT2D eigenvalue weighted by molar-refractivity contribution is 6.30. The number of carbonyl (C=O) groups is 1. The van der Waals surface area contributed by atoms with Crippen LogP contribution < -0.4 is 5.32 Å². The van der Waals surface area contributed by atoms with Gasteiger partial charge in [0.1, 0.15) is 0 Å². The summed E-state index contributed by atoms with van der Waals surface area (Å²) in [5, 5.41) is 3.66. The summed E-state index contributed by atoms with van der Waals surface area (Å²) in [6, 6.07) is 5.47. The second kappa shape index (κ2) is 5.41. The van der Waals surface area contributed by atoms with E-state index in [0.29, 0.717) is 5.02 Å². The molecule has 80 valence electrons. The Kier molecular flexibility index (Phi) is 4.18. The molecule has 0 spiro atoms. The van der Waals surface area contributed by atoms with E-state index in [1.54, 1.807) is 6.07 Å². The minimum Gasteiger partial charge on any atom is -0.466 e. The van der Waals surface area contributed by atoms with Crippen molar-refractivity contribution in [1.82, 2.24) is 0 Å². The second-order valence-corrected chi connectivity index (χ2v) is 3.40. The molecule has 0 atom stereocenters. The van der Waals surface area contributed by atoms with Gasteiger partial charge in [-0.15, -0.1) is 0 Å². The van der Waals surface area contributed by atoms with Crippen molar-refractivity contribution < 1.29 is 9.53 Å². The molecule has 1 N–H and O–H groups in total. The van der Waals surface area contributed by atoms with Crippen LogP contribution in [0.15, 0.2) is 30.5 Å². The van der Waals surface area contributed by atoms with Crippen molar-refractivity contribution in [3.8, 4) is 0 Å². The summed E-state index contributed by atoms with van der Waals surface area (Å²) in [4.78, 5) is 10.8. The smallest absolute Gasteiger partial charge is 0.331 e. The molecule has 0 aliphatic rings. The molecule has 1 aromatic carbocycles. The van der Waals surface area contributed by atoms with Crippen molar-refractivity contribution in [2.45, 2.75) is 6.92 Å². The number of nitrogens with one attached hydrogen (secondary N) is 1. The van der Waals surface area contributed by atoms with Crippen LogP contribution in [0.25, 0.3) is 0 Å². The lowest BCUT2D eigenvalue weighted by Gasteiger charge is -2.04. The van der Waals surface area contributed by atoms with Crippen molar-refractivity contribution in [3.63, 3.8) is 0 Å². The Morgan fingerprint density at radius 3 is 2.87 bits per heavy atom. The topological polar surface area (TPSA) is 38.3 Å². The van der Waals surface area contributed by atoms with Crippen molar-refractivity contribution in [2.24, 2.45) is 0 Å². The van der Waals surface area contributed by atoms with E-state index in [9.17, 15) is 4.79 Å². The predicted molar refractivity (Wildman–Crippen MR) is 61.0 cm³/mol. The lowest BCUT2D eigenvalue weighted by molar-refractivity contribution is -0.134. The number of ether oxygens (including phenoxy) is 1. The number of rotatable bonds is 3. The minimum atomic E-state index is -0.394. The summed E-state index contributed by atoms with van der Waals surface area (Å²) in [5.74, 6) is -0.394. The number of methoxy groups -OCH3 is 1. The van der Waals surface area contributed by atoms with Gasteiger partial charge in [0.2, 0.25) is 0 Å². The Hall–Kier alpha value is -1.48.